The Morgan fingerprint density at radius 2 is 1.86 bits per heavy atom. The number of aromatic nitrogens is 2. The molecule has 1 aliphatic heterocycles. The van der Waals surface area contributed by atoms with Crippen LogP contribution in [0.5, 0.6) is 0 Å². The second-order valence-electron chi connectivity index (χ2n) is 7.05. The highest BCUT2D eigenvalue weighted by Gasteiger charge is 2.20. The number of carbonyl (C=O) groups excluding carboxylic acids is 1. The fourth-order valence-electron chi connectivity index (χ4n) is 3.43. The molecule has 0 spiro atoms. The average molecular weight is 410 g/mol. The maximum Gasteiger partial charge on any atom is 0.266 e. The van der Waals surface area contributed by atoms with Crippen molar-refractivity contribution in [3.05, 3.63) is 63.9 Å². The molecule has 0 unspecified atom stereocenters. The Morgan fingerprint density at radius 1 is 1.10 bits per heavy atom. The molecular formula is C22H23N3O3S. The molecule has 1 fully saturated rings. The van der Waals surface area contributed by atoms with Gasteiger partial charge in [-0.05, 0) is 43.2 Å². The van der Waals surface area contributed by atoms with Crippen molar-refractivity contribution >= 4 is 28.6 Å². The maximum absolute atomic E-state index is 13.4. The Labute approximate surface area is 173 Å². The third-order valence-electron chi connectivity index (χ3n) is 5.25. The summed E-state index contributed by atoms with van der Waals surface area (Å²) in [4.78, 5) is 32.5. The van der Waals surface area contributed by atoms with Crippen LogP contribution in [0.4, 0.5) is 0 Å². The fourth-order valence-corrected chi connectivity index (χ4v) is 4.34. The van der Waals surface area contributed by atoms with Crippen LogP contribution in [0, 0.1) is 13.8 Å². The van der Waals surface area contributed by atoms with Gasteiger partial charge in [-0.3, -0.25) is 14.2 Å². The summed E-state index contributed by atoms with van der Waals surface area (Å²) in [5.74, 6) is 0.267. The van der Waals surface area contributed by atoms with E-state index < -0.39 is 0 Å². The first-order chi connectivity index (χ1) is 14.1. The molecule has 2 heterocycles. The predicted molar refractivity (Wildman–Crippen MR) is 115 cm³/mol. The molecule has 4 rings (SSSR count). The van der Waals surface area contributed by atoms with Crippen LogP contribution in [0.15, 0.2) is 52.4 Å². The predicted octanol–water partition coefficient (Wildman–Crippen LogP) is 2.95. The number of thioether (sulfide) groups is 1. The lowest BCUT2D eigenvalue weighted by Gasteiger charge is -2.26. The lowest BCUT2D eigenvalue weighted by Crippen LogP contribution is -2.41. The Hall–Kier alpha value is -2.64. The van der Waals surface area contributed by atoms with Crippen molar-refractivity contribution in [2.45, 2.75) is 19.0 Å². The lowest BCUT2D eigenvalue weighted by atomic mass is 10.1. The van der Waals surface area contributed by atoms with Crippen LogP contribution in [0.2, 0.25) is 0 Å². The lowest BCUT2D eigenvalue weighted by molar-refractivity contribution is -0.132. The van der Waals surface area contributed by atoms with Crippen molar-refractivity contribution in [2.75, 3.05) is 32.1 Å². The van der Waals surface area contributed by atoms with E-state index >= 15 is 0 Å². The first kappa shape index (κ1) is 19.7. The highest BCUT2D eigenvalue weighted by Crippen LogP contribution is 2.24. The summed E-state index contributed by atoms with van der Waals surface area (Å²) in [6.45, 7) is 6.37. The highest BCUT2D eigenvalue weighted by atomic mass is 32.2. The third kappa shape index (κ3) is 3.93. The smallest absolute Gasteiger partial charge is 0.266 e. The van der Waals surface area contributed by atoms with Crippen molar-refractivity contribution in [1.82, 2.24) is 14.5 Å². The molecule has 1 aromatic heterocycles. The minimum Gasteiger partial charge on any atom is -0.378 e. The topological polar surface area (TPSA) is 64.4 Å². The van der Waals surface area contributed by atoms with Gasteiger partial charge in [-0.2, -0.15) is 0 Å². The molecule has 0 N–H and O–H groups in total. The van der Waals surface area contributed by atoms with Crippen molar-refractivity contribution in [3.8, 4) is 5.69 Å². The Bertz CT molecular complexity index is 1120. The minimum absolute atomic E-state index is 0.0354. The molecule has 150 valence electrons. The summed E-state index contributed by atoms with van der Waals surface area (Å²) in [6.07, 6.45) is 0. The molecular weight excluding hydrogens is 386 g/mol. The van der Waals surface area contributed by atoms with E-state index in [4.69, 9.17) is 9.72 Å². The molecule has 0 aliphatic carbocycles. The zero-order valence-corrected chi connectivity index (χ0v) is 17.4. The second-order valence-corrected chi connectivity index (χ2v) is 8.00. The van der Waals surface area contributed by atoms with Crippen LogP contribution in [0.25, 0.3) is 16.6 Å². The van der Waals surface area contributed by atoms with Crippen molar-refractivity contribution in [2.24, 2.45) is 0 Å². The van der Waals surface area contributed by atoms with E-state index in [1.54, 1.807) is 15.5 Å². The molecule has 29 heavy (non-hydrogen) atoms. The van der Waals surface area contributed by atoms with Gasteiger partial charge in [0.1, 0.15) is 0 Å². The Morgan fingerprint density at radius 3 is 2.66 bits per heavy atom. The summed E-state index contributed by atoms with van der Waals surface area (Å²) in [5.41, 5.74) is 3.44. The van der Waals surface area contributed by atoms with Gasteiger partial charge in [-0.25, -0.2) is 4.98 Å². The molecule has 0 radical (unpaired) electrons. The number of hydrogen-bond donors (Lipinski definition) is 0. The average Bonchev–Trinajstić information content (AvgIpc) is 2.75. The largest absolute Gasteiger partial charge is 0.378 e. The number of benzene rings is 2. The summed E-state index contributed by atoms with van der Waals surface area (Å²) in [6, 6.07) is 13.2. The van der Waals surface area contributed by atoms with Crippen molar-refractivity contribution in [3.63, 3.8) is 0 Å². The van der Waals surface area contributed by atoms with Crippen LogP contribution in [-0.4, -0.2) is 52.4 Å². The van der Waals surface area contributed by atoms with Crippen LogP contribution in [0.1, 0.15) is 11.1 Å². The number of aryl methyl sites for hydroxylation is 1. The summed E-state index contributed by atoms with van der Waals surface area (Å²) in [7, 11) is 0. The van der Waals surface area contributed by atoms with E-state index in [-0.39, 0.29) is 17.2 Å². The molecule has 1 aliphatic rings. The summed E-state index contributed by atoms with van der Waals surface area (Å²) in [5, 5.41) is 1.10. The molecule has 3 aromatic rings. The van der Waals surface area contributed by atoms with Crippen molar-refractivity contribution in [1.29, 1.82) is 0 Å². The number of fused-ring (bicyclic) bond motifs is 1. The number of para-hydroxylation sites is 1. The molecule has 1 amide bonds. The first-order valence-corrected chi connectivity index (χ1v) is 10.6. The van der Waals surface area contributed by atoms with Gasteiger partial charge in [0.2, 0.25) is 5.91 Å². The number of amides is 1. The monoisotopic (exact) mass is 409 g/mol. The van der Waals surface area contributed by atoms with Crippen LogP contribution in [-0.2, 0) is 9.53 Å². The zero-order chi connectivity index (χ0) is 20.4. The molecule has 0 atom stereocenters. The molecule has 0 bridgehead atoms. The standard InChI is InChI=1S/C22H23N3O3S/c1-15-6-5-9-19(16(15)2)25-21(27)17-7-3-4-8-18(17)23-22(25)29-14-20(26)24-10-12-28-13-11-24/h3-9H,10-14H2,1-2H3. The second kappa shape index (κ2) is 8.39. The van der Waals surface area contributed by atoms with E-state index in [1.807, 2.05) is 50.2 Å². The number of carbonyl (C=O) groups is 1. The van der Waals surface area contributed by atoms with E-state index in [0.717, 1.165) is 16.8 Å². The van der Waals surface area contributed by atoms with Crippen LogP contribution < -0.4 is 5.56 Å². The van der Waals surface area contributed by atoms with Gasteiger partial charge in [0.05, 0.1) is 35.6 Å². The number of hydrogen-bond acceptors (Lipinski definition) is 5. The molecule has 2 aromatic carbocycles. The van der Waals surface area contributed by atoms with Gasteiger partial charge in [0.15, 0.2) is 5.16 Å². The number of ether oxygens (including phenoxy) is 1. The van der Waals surface area contributed by atoms with E-state index in [9.17, 15) is 9.59 Å². The molecule has 6 nitrogen and oxygen atoms in total. The zero-order valence-electron chi connectivity index (χ0n) is 16.6. The normalized spacial score (nSPS) is 14.3. The Balaban J connectivity index is 1.76. The van der Waals surface area contributed by atoms with E-state index in [2.05, 4.69) is 0 Å². The van der Waals surface area contributed by atoms with E-state index in [0.29, 0.717) is 42.4 Å². The number of morpholine rings is 1. The third-order valence-corrected chi connectivity index (χ3v) is 6.17. The van der Waals surface area contributed by atoms with Gasteiger partial charge in [0, 0.05) is 13.1 Å². The van der Waals surface area contributed by atoms with Crippen LogP contribution >= 0.6 is 11.8 Å². The minimum atomic E-state index is -0.120. The fraction of sp³-hybridized carbons (Fsp3) is 0.318. The van der Waals surface area contributed by atoms with E-state index in [1.165, 1.54) is 11.8 Å². The summed E-state index contributed by atoms with van der Waals surface area (Å²) < 4.78 is 6.96. The molecule has 7 heteroatoms. The van der Waals surface area contributed by atoms with Gasteiger partial charge in [0.25, 0.3) is 5.56 Å². The highest BCUT2D eigenvalue weighted by molar-refractivity contribution is 7.99. The number of rotatable bonds is 4. The first-order valence-electron chi connectivity index (χ1n) is 9.63. The van der Waals surface area contributed by atoms with Gasteiger partial charge in [-0.1, -0.05) is 36.0 Å². The quantitative estimate of drug-likeness (QED) is 0.490. The molecule has 0 saturated carbocycles. The molecule has 1 saturated heterocycles. The van der Waals surface area contributed by atoms with Gasteiger partial charge >= 0.3 is 0 Å². The maximum atomic E-state index is 13.4. The van der Waals surface area contributed by atoms with Crippen LogP contribution in [0.3, 0.4) is 0 Å². The number of nitrogens with zero attached hydrogens (tertiary/aromatic N) is 3. The van der Waals surface area contributed by atoms with Gasteiger partial charge < -0.3 is 9.64 Å². The SMILES string of the molecule is Cc1cccc(-n2c(SCC(=O)N3CCOCC3)nc3ccccc3c2=O)c1C. The van der Waals surface area contributed by atoms with Crippen molar-refractivity contribution < 1.29 is 9.53 Å². The Kier molecular flexibility index (Phi) is 5.69. The van der Waals surface area contributed by atoms with Gasteiger partial charge in [-0.15, -0.1) is 0 Å². The summed E-state index contributed by atoms with van der Waals surface area (Å²) >= 11 is 1.31.